The first-order chi connectivity index (χ1) is 11.1. The Balaban J connectivity index is 2.08. The third-order valence-corrected chi connectivity index (χ3v) is 3.57. The predicted molar refractivity (Wildman–Crippen MR) is 89.6 cm³/mol. The maximum absolute atomic E-state index is 12.4. The smallest absolute Gasteiger partial charge is 0.349 e. The lowest BCUT2D eigenvalue weighted by molar-refractivity contribution is 0.414. The molecule has 0 spiro atoms. The molecule has 0 bridgehead atoms. The summed E-state index contributed by atoms with van der Waals surface area (Å²) in [6.07, 6.45) is 1.49. The van der Waals surface area contributed by atoms with Crippen molar-refractivity contribution in [2.45, 2.75) is 6.92 Å². The Kier molecular flexibility index (Phi) is 3.80. The maximum Gasteiger partial charge on any atom is 0.349 e. The van der Waals surface area contributed by atoms with Gasteiger partial charge in [0, 0.05) is 0 Å². The van der Waals surface area contributed by atoms with Crippen LogP contribution in [0.4, 0.5) is 0 Å². The Morgan fingerprint density at radius 3 is 2.70 bits per heavy atom. The van der Waals surface area contributed by atoms with E-state index in [-0.39, 0.29) is 0 Å². The Morgan fingerprint density at radius 1 is 1.17 bits per heavy atom. The van der Waals surface area contributed by atoms with E-state index in [1.54, 1.807) is 37.4 Å². The monoisotopic (exact) mass is 309 g/mol. The zero-order valence-corrected chi connectivity index (χ0v) is 12.7. The summed E-state index contributed by atoms with van der Waals surface area (Å²) in [7, 11) is 1.59. The number of hydrogen-bond donors (Lipinski definition) is 1. The molecule has 0 saturated heterocycles. The van der Waals surface area contributed by atoms with Crippen molar-refractivity contribution in [2.24, 2.45) is 5.10 Å². The number of para-hydroxylation sites is 1. The van der Waals surface area contributed by atoms with E-state index in [2.05, 4.69) is 10.1 Å². The van der Waals surface area contributed by atoms with Gasteiger partial charge < -0.3 is 9.72 Å². The normalized spacial score (nSPS) is 11.2. The van der Waals surface area contributed by atoms with E-state index in [0.717, 1.165) is 21.6 Å². The third-order valence-electron chi connectivity index (χ3n) is 3.57. The van der Waals surface area contributed by atoms with Crippen molar-refractivity contribution >= 4 is 17.1 Å². The second-order valence-electron chi connectivity index (χ2n) is 5.06. The Bertz CT molecular complexity index is 1020. The zero-order valence-electron chi connectivity index (χ0n) is 12.7. The first kappa shape index (κ1) is 14.8. The van der Waals surface area contributed by atoms with E-state index in [0.29, 0.717) is 10.9 Å². The molecule has 0 aliphatic heterocycles. The summed E-state index contributed by atoms with van der Waals surface area (Å²) in [5.74, 6) is 0.736. The van der Waals surface area contributed by atoms with Gasteiger partial charge in [-0.3, -0.25) is 4.79 Å². The fourth-order valence-electron chi connectivity index (χ4n) is 2.30. The number of rotatable bonds is 3. The van der Waals surface area contributed by atoms with E-state index in [4.69, 9.17) is 4.74 Å². The molecule has 6 heteroatoms. The molecule has 0 saturated carbocycles. The lowest BCUT2D eigenvalue weighted by atomic mass is 10.1. The molecule has 6 nitrogen and oxygen atoms in total. The van der Waals surface area contributed by atoms with Crippen LogP contribution < -0.4 is 16.0 Å². The van der Waals surface area contributed by atoms with Gasteiger partial charge in [0.1, 0.15) is 5.75 Å². The van der Waals surface area contributed by atoms with Crippen LogP contribution in [-0.2, 0) is 0 Å². The lowest BCUT2D eigenvalue weighted by Crippen LogP contribution is -2.32. The molecule has 2 aromatic carbocycles. The van der Waals surface area contributed by atoms with Gasteiger partial charge in [-0.15, -0.1) is 4.68 Å². The van der Waals surface area contributed by atoms with Crippen LogP contribution in [0, 0.1) is 6.92 Å². The van der Waals surface area contributed by atoms with E-state index < -0.39 is 11.2 Å². The van der Waals surface area contributed by atoms with Gasteiger partial charge in [-0.25, -0.2) is 4.79 Å². The number of aromatic amines is 1. The topological polar surface area (TPSA) is 76.5 Å². The number of aromatic nitrogens is 2. The van der Waals surface area contributed by atoms with Crippen molar-refractivity contribution in [1.29, 1.82) is 0 Å². The van der Waals surface area contributed by atoms with Gasteiger partial charge in [-0.05, 0) is 48.4 Å². The largest absolute Gasteiger partial charge is 0.497 e. The highest BCUT2D eigenvalue weighted by Gasteiger charge is 2.06. The van der Waals surface area contributed by atoms with Crippen LogP contribution >= 0.6 is 0 Å². The summed E-state index contributed by atoms with van der Waals surface area (Å²) >= 11 is 0. The number of nitrogens with zero attached hydrogens (tertiary/aromatic N) is 2. The molecule has 0 unspecified atom stereocenters. The number of hydrogen-bond acceptors (Lipinski definition) is 4. The highest BCUT2D eigenvalue weighted by molar-refractivity contribution is 5.82. The maximum atomic E-state index is 12.4. The van der Waals surface area contributed by atoms with Gasteiger partial charge >= 0.3 is 5.69 Å². The van der Waals surface area contributed by atoms with Crippen LogP contribution in [0.5, 0.6) is 5.75 Å². The van der Waals surface area contributed by atoms with Crippen LogP contribution in [0.25, 0.3) is 10.9 Å². The highest BCUT2D eigenvalue weighted by atomic mass is 16.5. The zero-order chi connectivity index (χ0) is 16.4. The molecule has 0 aliphatic rings. The minimum Gasteiger partial charge on any atom is -0.497 e. The fourth-order valence-corrected chi connectivity index (χ4v) is 2.30. The average molecular weight is 309 g/mol. The third kappa shape index (κ3) is 2.78. The van der Waals surface area contributed by atoms with E-state index in [9.17, 15) is 9.59 Å². The van der Waals surface area contributed by atoms with E-state index in [1.807, 2.05) is 19.1 Å². The molecule has 1 N–H and O–H groups in total. The minimum atomic E-state index is -0.573. The van der Waals surface area contributed by atoms with Crippen molar-refractivity contribution < 1.29 is 4.74 Å². The van der Waals surface area contributed by atoms with Crippen molar-refractivity contribution in [2.75, 3.05) is 7.11 Å². The molecule has 0 radical (unpaired) electrons. The highest BCUT2D eigenvalue weighted by Crippen LogP contribution is 2.15. The van der Waals surface area contributed by atoms with Crippen molar-refractivity contribution in [1.82, 2.24) is 9.66 Å². The molecule has 1 heterocycles. The van der Waals surface area contributed by atoms with Gasteiger partial charge in [0.2, 0.25) is 0 Å². The van der Waals surface area contributed by atoms with Crippen molar-refractivity contribution in [3.05, 3.63) is 74.4 Å². The number of H-pyrrole nitrogens is 1. The summed E-state index contributed by atoms with van der Waals surface area (Å²) < 4.78 is 5.97. The van der Waals surface area contributed by atoms with Gasteiger partial charge in [0.15, 0.2) is 0 Å². The minimum absolute atomic E-state index is 0.413. The van der Waals surface area contributed by atoms with E-state index in [1.165, 1.54) is 6.21 Å². The van der Waals surface area contributed by atoms with Crippen LogP contribution in [0.2, 0.25) is 0 Å². The second kappa shape index (κ2) is 5.92. The standard InChI is InChI=1S/C17H15N3O3/c1-11-9-13(23-2)8-7-12(11)10-18-20-16(21)14-5-3-4-6-15(14)19-17(20)22/h3-10H,1-2H3,(H,19,22). The number of benzene rings is 2. The molecule has 23 heavy (non-hydrogen) atoms. The van der Waals surface area contributed by atoms with Crippen molar-refractivity contribution in [3.63, 3.8) is 0 Å². The Labute approximate surface area is 131 Å². The Morgan fingerprint density at radius 2 is 1.96 bits per heavy atom. The van der Waals surface area contributed by atoms with E-state index >= 15 is 0 Å². The summed E-state index contributed by atoms with van der Waals surface area (Å²) in [6.45, 7) is 1.90. The first-order valence-electron chi connectivity index (χ1n) is 7.03. The number of nitrogens with one attached hydrogen (secondary N) is 1. The van der Waals surface area contributed by atoms with Gasteiger partial charge in [-0.2, -0.15) is 5.10 Å². The number of fused-ring (bicyclic) bond motifs is 1. The molecule has 116 valence electrons. The molecule has 1 aromatic heterocycles. The molecule has 3 aromatic rings. The predicted octanol–water partition coefficient (Wildman–Crippen LogP) is 1.89. The molecular weight excluding hydrogens is 294 g/mol. The fraction of sp³-hybridized carbons (Fsp3) is 0.118. The molecule has 0 amide bonds. The van der Waals surface area contributed by atoms with Crippen molar-refractivity contribution in [3.8, 4) is 5.75 Å². The molecule has 0 aliphatic carbocycles. The van der Waals surface area contributed by atoms with Gasteiger partial charge in [0.25, 0.3) is 5.56 Å². The molecular formula is C17H15N3O3. The SMILES string of the molecule is COc1ccc(C=Nn2c(=O)[nH]c3ccccc3c2=O)c(C)c1. The van der Waals surface area contributed by atoms with Crippen LogP contribution in [0.15, 0.2) is 57.2 Å². The number of ether oxygens (including phenoxy) is 1. The summed E-state index contributed by atoms with van der Waals surface area (Å²) in [4.78, 5) is 27.0. The summed E-state index contributed by atoms with van der Waals surface area (Å²) in [5, 5.41) is 4.45. The molecule has 0 atom stereocenters. The summed E-state index contributed by atoms with van der Waals surface area (Å²) in [5.41, 5.74) is 1.20. The lowest BCUT2D eigenvalue weighted by Gasteiger charge is -2.04. The number of methoxy groups -OCH3 is 1. The van der Waals surface area contributed by atoms with Crippen LogP contribution in [0.3, 0.4) is 0 Å². The second-order valence-corrected chi connectivity index (χ2v) is 5.06. The van der Waals surface area contributed by atoms with Gasteiger partial charge in [0.05, 0.1) is 24.2 Å². The first-order valence-corrected chi connectivity index (χ1v) is 7.03. The quantitative estimate of drug-likeness (QED) is 0.751. The van der Waals surface area contributed by atoms with Crippen LogP contribution in [0.1, 0.15) is 11.1 Å². The number of aryl methyl sites for hydroxylation is 1. The van der Waals surface area contributed by atoms with Gasteiger partial charge in [-0.1, -0.05) is 12.1 Å². The molecule has 3 rings (SSSR count). The Hall–Kier alpha value is -3.15. The van der Waals surface area contributed by atoms with Crippen LogP contribution in [-0.4, -0.2) is 23.0 Å². The summed E-state index contributed by atoms with van der Waals surface area (Å²) in [6, 6.07) is 12.3. The molecule has 0 fully saturated rings. The average Bonchev–Trinajstić information content (AvgIpc) is 2.55.